The zero-order valence-corrected chi connectivity index (χ0v) is 20.6. The Balaban J connectivity index is 1.31. The number of amides is 1. The summed E-state index contributed by atoms with van der Waals surface area (Å²) in [5.74, 6) is 1.20. The molecule has 4 bridgehead atoms. The molecule has 4 aliphatic carbocycles. The van der Waals surface area contributed by atoms with Gasteiger partial charge in [0.1, 0.15) is 5.75 Å². The molecule has 3 unspecified atom stereocenters. The van der Waals surface area contributed by atoms with Crippen LogP contribution in [0.4, 0.5) is 0 Å². The van der Waals surface area contributed by atoms with Crippen molar-refractivity contribution in [1.29, 1.82) is 0 Å². The largest absolute Gasteiger partial charge is 0.482 e. The Morgan fingerprint density at radius 2 is 1.94 bits per heavy atom. The summed E-state index contributed by atoms with van der Waals surface area (Å²) in [6.07, 6.45) is 8.41. The first-order chi connectivity index (χ1) is 15.4. The highest BCUT2D eigenvalue weighted by Crippen LogP contribution is 2.63. The van der Waals surface area contributed by atoms with Crippen LogP contribution in [0.3, 0.4) is 0 Å². The van der Waals surface area contributed by atoms with Gasteiger partial charge in [0.15, 0.2) is 6.61 Å². The fraction of sp³-hybridized carbons (Fsp3) is 0.680. The number of aliphatic hydroxyl groups is 1. The number of alkyl halides is 1. The molecule has 0 aromatic heterocycles. The van der Waals surface area contributed by atoms with E-state index >= 15 is 0 Å². The van der Waals surface area contributed by atoms with Gasteiger partial charge in [-0.15, -0.1) is 0 Å². The monoisotopic (exact) mass is 553 g/mol. The number of hydrogen-bond acceptors (Lipinski definition) is 4. The standard InChI is InChI=1S/C25H32INO5/c26-12-20-7-21(32-13-22(29)30)2-1-18(20)6-19-3-4-27(23(19)31)25-10-16-5-17(11-25)9-24(8-16,14-25)15-28/h1-2,7,16-17,19,28H,3-6,8-15H2,(H,29,30). The Labute approximate surface area is 202 Å². The van der Waals surface area contributed by atoms with Gasteiger partial charge in [-0.25, -0.2) is 4.79 Å². The van der Waals surface area contributed by atoms with Crippen LogP contribution in [-0.2, 0) is 20.4 Å². The topological polar surface area (TPSA) is 87.1 Å². The molecule has 32 heavy (non-hydrogen) atoms. The first kappa shape index (κ1) is 22.4. The first-order valence-corrected chi connectivity index (χ1v) is 13.3. The lowest BCUT2D eigenvalue weighted by molar-refractivity contribution is -0.164. The van der Waals surface area contributed by atoms with Crippen LogP contribution < -0.4 is 4.74 Å². The Morgan fingerprint density at radius 3 is 2.59 bits per heavy atom. The summed E-state index contributed by atoms with van der Waals surface area (Å²) in [6, 6.07) is 5.72. The third kappa shape index (κ3) is 3.93. The second kappa shape index (κ2) is 8.46. The van der Waals surface area contributed by atoms with Crippen LogP contribution in [0, 0.1) is 23.2 Å². The van der Waals surface area contributed by atoms with Gasteiger partial charge in [0.05, 0.1) is 0 Å². The second-order valence-corrected chi connectivity index (χ2v) is 11.5. The number of benzene rings is 1. The van der Waals surface area contributed by atoms with Crippen molar-refractivity contribution in [2.24, 2.45) is 23.2 Å². The van der Waals surface area contributed by atoms with Crippen LogP contribution in [0.5, 0.6) is 5.75 Å². The van der Waals surface area contributed by atoms with Crippen molar-refractivity contribution >= 4 is 34.5 Å². The highest BCUT2D eigenvalue weighted by atomic mass is 127. The number of halogens is 1. The minimum Gasteiger partial charge on any atom is -0.482 e. The summed E-state index contributed by atoms with van der Waals surface area (Å²) >= 11 is 2.31. The predicted molar refractivity (Wildman–Crippen MR) is 128 cm³/mol. The number of hydrogen-bond donors (Lipinski definition) is 2. The normalized spacial score (nSPS) is 35.5. The number of carboxylic acids is 1. The molecule has 6 rings (SSSR count). The van der Waals surface area contributed by atoms with E-state index in [-0.39, 0.29) is 30.1 Å². The lowest BCUT2D eigenvalue weighted by Crippen LogP contribution is -2.64. The van der Waals surface area contributed by atoms with Gasteiger partial charge in [0.25, 0.3) is 0 Å². The summed E-state index contributed by atoms with van der Waals surface area (Å²) in [5, 5.41) is 19.0. The molecule has 1 aromatic carbocycles. The number of rotatable bonds is 8. The minimum absolute atomic E-state index is 0.000527. The molecule has 7 heteroatoms. The van der Waals surface area contributed by atoms with E-state index in [9.17, 15) is 14.7 Å². The fourth-order valence-corrected chi connectivity index (χ4v) is 8.44. The molecule has 3 atom stereocenters. The predicted octanol–water partition coefficient (Wildman–Crippen LogP) is 3.81. The van der Waals surface area contributed by atoms with Gasteiger partial charge in [-0.3, -0.25) is 4.79 Å². The number of aliphatic carboxylic acids is 1. The van der Waals surface area contributed by atoms with Crippen molar-refractivity contribution in [3.05, 3.63) is 29.3 Å². The summed E-state index contributed by atoms with van der Waals surface area (Å²) in [7, 11) is 0. The Hall–Kier alpha value is -1.35. The molecular weight excluding hydrogens is 521 g/mol. The fourth-order valence-electron chi connectivity index (χ4n) is 7.73. The molecule has 5 aliphatic rings. The molecule has 0 spiro atoms. The highest BCUT2D eigenvalue weighted by molar-refractivity contribution is 14.1. The van der Waals surface area contributed by atoms with Crippen LogP contribution in [0.1, 0.15) is 56.1 Å². The van der Waals surface area contributed by atoms with Crippen LogP contribution in [-0.4, -0.2) is 52.3 Å². The molecule has 1 aliphatic heterocycles. The van der Waals surface area contributed by atoms with Gasteiger partial charge >= 0.3 is 5.97 Å². The maximum atomic E-state index is 13.6. The van der Waals surface area contributed by atoms with Crippen LogP contribution in [0.2, 0.25) is 0 Å². The quantitative estimate of drug-likeness (QED) is 0.378. The molecule has 4 saturated carbocycles. The summed E-state index contributed by atoms with van der Waals surface area (Å²) in [6.45, 7) is 0.752. The van der Waals surface area contributed by atoms with Gasteiger partial charge in [0, 0.05) is 29.0 Å². The van der Waals surface area contributed by atoms with Crippen molar-refractivity contribution in [2.45, 2.75) is 61.3 Å². The van der Waals surface area contributed by atoms with Crippen molar-refractivity contribution < 1.29 is 24.5 Å². The van der Waals surface area contributed by atoms with Crippen LogP contribution >= 0.6 is 22.6 Å². The molecule has 1 amide bonds. The van der Waals surface area contributed by atoms with Gasteiger partial charge in [0.2, 0.25) is 5.91 Å². The van der Waals surface area contributed by atoms with E-state index in [2.05, 4.69) is 27.5 Å². The van der Waals surface area contributed by atoms with E-state index < -0.39 is 5.97 Å². The maximum absolute atomic E-state index is 13.6. The van der Waals surface area contributed by atoms with Crippen LogP contribution in [0.15, 0.2) is 18.2 Å². The van der Waals surface area contributed by atoms with Crippen LogP contribution in [0.25, 0.3) is 0 Å². The second-order valence-electron chi connectivity index (χ2n) is 10.8. The molecule has 2 N–H and O–H groups in total. The molecule has 6 nitrogen and oxygen atoms in total. The van der Waals surface area contributed by atoms with Gasteiger partial charge in [-0.1, -0.05) is 28.7 Å². The summed E-state index contributed by atoms with van der Waals surface area (Å²) < 4.78 is 6.12. The summed E-state index contributed by atoms with van der Waals surface area (Å²) in [5.41, 5.74) is 2.27. The highest BCUT2D eigenvalue weighted by Gasteiger charge is 2.61. The van der Waals surface area contributed by atoms with Crippen molar-refractivity contribution in [3.63, 3.8) is 0 Å². The molecule has 174 valence electrons. The SMILES string of the molecule is O=C(O)COc1ccc(CC2CCN(C34CC5CC(CC(CO)(C5)C3)C4)C2=O)c(CI)c1. The van der Waals surface area contributed by atoms with Gasteiger partial charge in [-0.2, -0.15) is 0 Å². The Kier molecular flexibility index (Phi) is 5.93. The molecule has 1 aromatic rings. The lowest BCUT2D eigenvalue weighted by Gasteiger charge is -2.64. The number of nitrogens with zero attached hydrogens (tertiary/aromatic N) is 1. The van der Waals surface area contributed by atoms with Crippen molar-refractivity contribution in [3.8, 4) is 5.75 Å². The van der Waals surface area contributed by atoms with Crippen molar-refractivity contribution in [1.82, 2.24) is 4.90 Å². The smallest absolute Gasteiger partial charge is 0.341 e. The van der Waals surface area contributed by atoms with E-state index in [1.165, 1.54) is 6.42 Å². The van der Waals surface area contributed by atoms with Crippen molar-refractivity contribution in [2.75, 3.05) is 19.8 Å². The Bertz CT molecular complexity index is 904. The van der Waals surface area contributed by atoms with Gasteiger partial charge in [-0.05, 0) is 91.9 Å². The molecule has 1 saturated heterocycles. The first-order valence-electron chi connectivity index (χ1n) is 11.8. The molecule has 0 radical (unpaired) electrons. The zero-order valence-electron chi connectivity index (χ0n) is 18.4. The van der Waals surface area contributed by atoms with E-state index in [1.807, 2.05) is 18.2 Å². The van der Waals surface area contributed by atoms with Gasteiger partial charge < -0.3 is 19.8 Å². The molecule has 5 fully saturated rings. The number of carboxylic acid groups (broad SMARTS) is 1. The number of carbonyl (C=O) groups excluding carboxylic acids is 1. The average molecular weight is 553 g/mol. The minimum atomic E-state index is -0.991. The number of carbonyl (C=O) groups is 2. The number of ether oxygens (including phenoxy) is 1. The lowest BCUT2D eigenvalue weighted by atomic mass is 9.46. The number of likely N-dealkylation sites (tertiary alicyclic amines) is 1. The van der Waals surface area contributed by atoms with E-state index in [4.69, 9.17) is 9.84 Å². The third-order valence-electron chi connectivity index (χ3n) is 8.53. The van der Waals surface area contributed by atoms with E-state index in [0.29, 0.717) is 23.5 Å². The number of aliphatic hydroxyl groups excluding tert-OH is 1. The van der Waals surface area contributed by atoms with E-state index in [1.54, 1.807) is 0 Å². The maximum Gasteiger partial charge on any atom is 0.341 e. The molecular formula is C25H32INO5. The summed E-state index contributed by atoms with van der Waals surface area (Å²) in [4.78, 5) is 26.6. The average Bonchev–Trinajstić information content (AvgIpc) is 3.13. The Morgan fingerprint density at radius 1 is 1.19 bits per heavy atom. The van der Waals surface area contributed by atoms with E-state index in [0.717, 1.165) is 67.0 Å². The zero-order chi connectivity index (χ0) is 22.5. The third-order valence-corrected chi connectivity index (χ3v) is 9.35. The molecule has 1 heterocycles.